The van der Waals surface area contributed by atoms with E-state index in [2.05, 4.69) is 17.6 Å². The van der Waals surface area contributed by atoms with Gasteiger partial charge in [0.25, 0.3) is 0 Å². The van der Waals surface area contributed by atoms with Crippen LogP contribution in [0.4, 0.5) is 0 Å². The average Bonchev–Trinajstić information content (AvgIpc) is 2.83. The second-order valence-electron chi connectivity index (χ2n) is 5.66. The molecular weight excluding hydrogens is 244 g/mol. The summed E-state index contributed by atoms with van der Waals surface area (Å²) in [7, 11) is 1.73. The molecule has 1 saturated carbocycles. The molecule has 2 rings (SSSR count). The van der Waals surface area contributed by atoms with Crippen LogP contribution in [0.2, 0.25) is 0 Å². The first kappa shape index (κ1) is 14.8. The van der Waals surface area contributed by atoms with E-state index >= 15 is 0 Å². The highest BCUT2D eigenvalue weighted by Crippen LogP contribution is 2.34. The number of hydrogen-bond donors (Lipinski definition) is 2. The number of methoxy groups -OCH3 is 1. The third-order valence-corrected chi connectivity index (χ3v) is 4.36. The van der Waals surface area contributed by atoms with Crippen molar-refractivity contribution in [2.45, 2.75) is 44.2 Å². The fourth-order valence-corrected chi connectivity index (χ4v) is 2.75. The standard InChI is InChI=1S/C14H26N2O3/c1-3-7-15-12-9-19-8-11(12)13(17)16-10-14(18-2)5-4-6-14/h11-12,15H,3-10H2,1-2H3,(H,16,17). The lowest BCUT2D eigenvalue weighted by molar-refractivity contribution is -0.129. The Morgan fingerprint density at radius 3 is 2.79 bits per heavy atom. The molecule has 2 aliphatic rings. The summed E-state index contributed by atoms with van der Waals surface area (Å²) in [6.45, 7) is 4.83. The van der Waals surface area contributed by atoms with Crippen LogP contribution in [0.3, 0.4) is 0 Å². The molecule has 2 N–H and O–H groups in total. The zero-order valence-electron chi connectivity index (χ0n) is 12.0. The van der Waals surface area contributed by atoms with Crippen molar-refractivity contribution in [2.24, 2.45) is 5.92 Å². The molecule has 2 unspecified atom stereocenters. The minimum absolute atomic E-state index is 0.0690. The molecule has 1 heterocycles. The number of hydrogen-bond acceptors (Lipinski definition) is 4. The maximum absolute atomic E-state index is 12.2. The van der Waals surface area contributed by atoms with Crippen molar-refractivity contribution in [3.63, 3.8) is 0 Å². The monoisotopic (exact) mass is 270 g/mol. The van der Waals surface area contributed by atoms with Gasteiger partial charge in [0.1, 0.15) is 0 Å². The molecule has 19 heavy (non-hydrogen) atoms. The van der Waals surface area contributed by atoms with Crippen molar-refractivity contribution in [3.8, 4) is 0 Å². The molecule has 0 bridgehead atoms. The highest BCUT2D eigenvalue weighted by atomic mass is 16.5. The van der Waals surface area contributed by atoms with Gasteiger partial charge in [0, 0.05) is 19.7 Å². The van der Waals surface area contributed by atoms with Gasteiger partial charge in [0.05, 0.1) is 24.7 Å². The van der Waals surface area contributed by atoms with E-state index in [0.29, 0.717) is 19.8 Å². The Kier molecular flexibility index (Phi) is 5.19. The van der Waals surface area contributed by atoms with Gasteiger partial charge in [-0.2, -0.15) is 0 Å². The molecule has 110 valence electrons. The van der Waals surface area contributed by atoms with Gasteiger partial charge in [-0.1, -0.05) is 6.92 Å². The highest BCUT2D eigenvalue weighted by Gasteiger charge is 2.39. The zero-order valence-corrected chi connectivity index (χ0v) is 12.0. The van der Waals surface area contributed by atoms with Gasteiger partial charge in [-0.15, -0.1) is 0 Å². The minimum Gasteiger partial charge on any atom is -0.379 e. The van der Waals surface area contributed by atoms with Crippen molar-refractivity contribution in [1.82, 2.24) is 10.6 Å². The maximum atomic E-state index is 12.2. The van der Waals surface area contributed by atoms with E-state index in [9.17, 15) is 4.79 Å². The van der Waals surface area contributed by atoms with Crippen LogP contribution in [-0.2, 0) is 14.3 Å². The number of rotatable bonds is 7. The summed E-state index contributed by atoms with van der Waals surface area (Å²) in [6, 6.07) is 0.153. The summed E-state index contributed by atoms with van der Waals surface area (Å²) in [6.07, 6.45) is 4.35. The molecule has 2 fully saturated rings. The van der Waals surface area contributed by atoms with Gasteiger partial charge in [-0.3, -0.25) is 4.79 Å². The van der Waals surface area contributed by atoms with Gasteiger partial charge in [-0.05, 0) is 32.2 Å². The van der Waals surface area contributed by atoms with Crippen LogP contribution >= 0.6 is 0 Å². The molecule has 2 atom stereocenters. The molecule has 1 saturated heterocycles. The lowest BCUT2D eigenvalue weighted by Gasteiger charge is -2.40. The summed E-state index contributed by atoms with van der Waals surface area (Å²) in [4.78, 5) is 12.2. The van der Waals surface area contributed by atoms with Gasteiger partial charge >= 0.3 is 0 Å². The van der Waals surface area contributed by atoms with E-state index in [1.807, 2.05) is 0 Å². The van der Waals surface area contributed by atoms with Crippen molar-refractivity contribution in [1.29, 1.82) is 0 Å². The molecule has 0 aromatic heterocycles. The topological polar surface area (TPSA) is 59.6 Å². The lowest BCUT2D eigenvalue weighted by Crippen LogP contribution is -2.52. The summed E-state index contributed by atoms with van der Waals surface area (Å²) < 4.78 is 10.9. The van der Waals surface area contributed by atoms with Gasteiger partial charge < -0.3 is 20.1 Å². The van der Waals surface area contributed by atoms with E-state index in [1.165, 1.54) is 6.42 Å². The van der Waals surface area contributed by atoms with Gasteiger partial charge in [-0.25, -0.2) is 0 Å². The van der Waals surface area contributed by atoms with E-state index in [0.717, 1.165) is 25.8 Å². The summed E-state index contributed by atoms with van der Waals surface area (Å²) in [5.41, 5.74) is -0.110. The number of carbonyl (C=O) groups excluding carboxylic acids is 1. The summed E-state index contributed by atoms with van der Waals surface area (Å²) in [5.74, 6) is 0.0231. The average molecular weight is 270 g/mol. The van der Waals surface area contributed by atoms with Crippen LogP contribution in [0.1, 0.15) is 32.6 Å². The van der Waals surface area contributed by atoms with Crippen LogP contribution in [0.15, 0.2) is 0 Å². The van der Waals surface area contributed by atoms with Crippen LogP contribution in [0, 0.1) is 5.92 Å². The first-order valence-corrected chi connectivity index (χ1v) is 7.35. The van der Waals surface area contributed by atoms with Gasteiger partial charge in [0.2, 0.25) is 5.91 Å². The third kappa shape index (κ3) is 3.46. The predicted molar refractivity (Wildman–Crippen MR) is 73.0 cm³/mol. The quantitative estimate of drug-likeness (QED) is 0.714. The van der Waals surface area contributed by atoms with Crippen molar-refractivity contribution in [3.05, 3.63) is 0 Å². The SMILES string of the molecule is CCCNC1COCC1C(=O)NCC1(OC)CCC1. The Morgan fingerprint density at radius 2 is 2.21 bits per heavy atom. The van der Waals surface area contributed by atoms with Crippen LogP contribution in [0.5, 0.6) is 0 Å². The minimum atomic E-state index is -0.110. The number of nitrogens with one attached hydrogen (secondary N) is 2. The number of amides is 1. The van der Waals surface area contributed by atoms with E-state index < -0.39 is 0 Å². The fourth-order valence-electron chi connectivity index (χ4n) is 2.75. The smallest absolute Gasteiger partial charge is 0.227 e. The molecule has 0 spiro atoms. The second-order valence-corrected chi connectivity index (χ2v) is 5.66. The maximum Gasteiger partial charge on any atom is 0.227 e. The van der Waals surface area contributed by atoms with E-state index in [-0.39, 0.29) is 23.5 Å². The highest BCUT2D eigenvalue weighted by molar-refractivity contribution is 5.80. The van der Waals surface area contributed by atoms with Crippen molar-refractivity contribution >= 4 is 5.91 Å². The zero-order chi connectivity index (χ0) is 13.7. The predicted octanol–water partition coefficient (Wildman–Crippen LogP) is 0.686. The normalized spacial score (nSPS) is 28.9. The summed E-state index contributed by atoms with van der Waals surface area (Å²) in [5, 5.41) is 6.43. The Labute approximate surface area is 115 Å². The Hall–Kier alpha value is -0.650. The largest absolute Gasteiger partial charge is 0.379 e. The third-order valence-electron chi connectivity index (χ3n) is 4.36. The molecular formula is C14H26N2O3. The first-order chi connectivity index (χ1) is 9.21. The molecule has 1 aliphatic heterocycles. The van der Waals surface area contributed by atoms with E-state index in [4.69, 9.17) is 9.47 Å². The van der Waals surface area contributed by atoms with Crippen molar-refractivity contribution in [2.75, 3.05) is 33.4 Å². The second kappa shape index (κ2) is 6.68. The fraction of sp³-hybridized carbons (Fsp3) is 0.929. The molecule has 1 aliphatic carbocycles. The number of carbonyl (C=O) groups is 1. The summed E-state index contributed by atoms with van der Waals surface area (Å²) >= 11 is 0. The lowest BCUT2D eigenvalue weighted by atomic mass is 9.80. The first-order valence-electron chi connectivity index (χ1n) is 7.35. The van der Waals surface area contributed by atoms with Gasteiger partial charge in [0.15, 0.2) is 0 Å². The molecule has 0 radical (unpaired) electrons. The molecule has 1 amide bonds. The van der Waals surface area contributed by atoms with Crippen molar-refractivity contribution < 1.29 is 14.3 Å². The van der Waals surface area contributed by atoms with Crippen LogP contribution < -0.4 is 10.6 Å². The molecule has 0 aromatic carbocycles. The molecule has 0 aromatic rings. The Morgan fingerprint density at radius 1 is 1.42 bits per heavy atom. The number of ether oxygens (including phenoxy) is 2. The Bertz CT molecular complexity index is 300. The molecule has 5 nitrogen and oxygen atoms in total. The Balaban J connectivity index is 1.78. The van der Waals surface area contributed by atoms with E-state index in [1.54, 1.807) is 7.11 Å². The molecule has 5 heteroatoms. The van der Waals surface area contributed by atoms with Crippen LogP contribution in [0.25, 0.3) is 0 Å². The van der Waals surface area contributed by atoms with Crippen LogP contribution in [-0.4, -0.2) is 51.0 Å².